The van der Waals surface area contributed by atoms with Crippen LogP contribution >= 0.6 is 0 Å². The van der Waals surface area contributed by atoms with Crippen molar-refractivity contribution in [3.8, 4) is 69.2 Å². The van der Waals surface area contributed by atoms with Crippen molar-refractivity contribution in [1.82, 2.24) is 45.1 Å². The molecular weight excluding hydrogens is 1500 g/mol. The predicted octanol–water partition coefficient (Wildman–Crippen LogP) is 13.9. The molecule has 0 radical (unpaired) electrons. The van der Waals surface area contributed by atoms with Gasteiger partial charge in [0.2, 0.25) is 5.95 Å². The molecule has 12 heterocycles. The molecular formula is C89H90F2N18O9. The maximum absolute atomic E-state index is 15.1. The van der Waals surface area contributed by atoms with Crippen molar-refractivity contribution in [1.29, 1.82) is 15.8 Å². The van der Waals surface area contributed by atoms with Crippen LogP contribution in [0, 0.1) is 45.6 Å². The van der Waals surface area contributed by atoms with Crippen LogP contribution in [0.3, 0.4) is 0 Å². The number of nitrogens with one attached hydrogen (secondary N) is 3. The standard InChI is InChI=1S/C33H35FN6O4.C28H27FN6O2.C28H28N6O3/c1-33(2,3)44-32(41)40-10-8-24(9-11-40)43-29-7-5-22(16-23(29)19-35)30-31-27(36-20-37-30)18-26(38-31)21-4-6-28(25(34)17-21)39-12-14-42-15-13-39;29-22-14-18(1-3-25(22)35-9-11-36-12-10-35)23-15-24-28(34-23)27(33-17-32-24)19-2-4-26(20(13-19)16-30)37-21-5-7-31-8-6-21;29-18-20-16-19(4-5-25(20)37-23-7-12-35-13-8-23)26-27-24(6-9-30-26)32-28(33-27)31-21-2-1-3-22(17-21)34-10-14-36-15-11-34/h4-7,16-17,20,24H,8-15,18H2,1-3H3;1-4,13-14,17,21,31H,5-12,15H2;1-6,9,16-17,23H,7-8,10-15H2,(H2,31,32,33). The predicted molar refractivity (Wildman–Crippen MR) is 442 cm³/mol. The second-order valence-electron chi connectivity index (χ2n) is 30.7. The number of rotatable bonds is 16. The minimum absolute atomic E-state index is 0.0648. The van der Waals surface area contributed by atoms with Crippen molar-refractivity contribution in [3.63, 3.8) is 0 Å². The van der Waals surface area contributed by atoms with Gasteiger partial charge in [0.15, 0.2) is 0 Å². The smallest absolute Gasteiger partial charge is 0.410 e. The first-order valence-corrected chi connectivity index (χ1v) is 40.2. The number of benzene rings is 6. The number of carbonyl (C=O) groups is 1. The second-order valence-corrected chi connectivity index (χ2v) is 30.7. The van der Waals surface area contributed by atoms with Gasteiger partial charge in [0.05, 0.1) is 126 Å². The molecule has 118 heavy (non-hydrogen) atoms. The number of H-pyrrole nitrogens is 1. The number of nitriles is 3. The number of ether oxygens (including phenoxy) is 8. The molecule has 8 aliphatic heterocycles. The largest absolute Gasteiger partial charge is 0.489 e. The summed E-state index contributed by atoms with van der Waals surface area (Å²) in [5.74, 6) is 1.73. The lowest BCUT2D eigenvalue weighted by Crippen LogP contribution is -2.44. The third-order valence-corrected chi connectivity index (χ3v) is 21.7. The van der Waals surface area contributed by atoms with Gasteiger partial charge in [-0.15, -0.1) is 0 Å². The van der Waals surface area contributed by atoms with Crippen LogP contribution in [-0.4, -0.2) is 200 Å². The van der Waals surface area contributed by atoms with Crippen LogP contribution in [0.4, 0.5) is 53.6 Å². The topological polar surface area (TPSA) is 317 Å². The zero-order valence-corrected chi connectivity index (χ0v) is 66.0. The van der Waals surface area contributed by atoms with Gasteiger partial charge in [-0.1, -0.05) is 18.2 Å². The number of hydrogen-bond acceptors (Lipinski definition) is 25. The minimum Gasteiger partial charge on any atom is -0.489 e. The molecule has 6 aromatic carbocycles. The van der Waals surface area contributed by atoms with Crippen molar-refractivity contribution < 1.29 is 51.5 Å². The quantitative estimate of drug-likeness (QED) is 0.0809. The summed E-state index contributed by atoms with van der Waals surface area (Å²) in [4.78, 5) is 60.7. The molecule has 6 saturated heterocycles. The molecule has 6 fully saturated rings. The maximum Gasteiger partial charge on any atom is 0.410 e. The number of carbonyl (C=O) groups excluding carboxylic acids is 1. The molecule has 18 rings (SSSR count). The zero-order chi connectivity index (χ0) is 81.1. The van der Waals surface area contributed by atoms with Gasteiger partial charge in [-0.3, -0.25) is 4.98 Å². The van der Waals surface area contributed by atoms with E-state index >= 15 is 8.78 Å². The van der Waals surface area contributed by atoms with Crippen molar-refractivity contribution in [3.05, 3.63) is 191 Å². The fourth-order valence-electron chi connectivity index (χ4n) is 15.5. The number of halogens is 2. The Morgan fingerprint density at radius 2 is 0.975 bits per heavy atom. The number of amides is 1. The highest BCUT2D eigenvalue weighted by Crippen LogP contribution is 2.42. The molecule has 604 valence electrons. The lowest BCUT2D eigenvalue weighted by atomic mass is 10.0. The van der Waals surface area contributed by atoms with E-state index < -0.39 is 5.60 Å². The summed E-state index contributed by atoms with van der Waals surface area (Å²) in [6, 6.07) is 44.0. The minimum atomic E-state index is -0.544. The van der Waals surface area contributed by atoms with E-state index in [0.717, 1.165) is 121 Å². The van der Waals surface area contributed by atoms with Crippen LogP contribution in [0.2, 0.25) is 0 Å². The molecule has 0 unspecified atom stereocenters. The van der Waals surface area contributed by atoms with E-state index in [-0.39, 0.29) is 36.0 Å². The van der Waals surface area contributed by atoms with E-state index in [1.54, 1.807) is 41.4 Å². The summed E-state index contributed by atoms with van der Waals surface area (Å²) in [5.41, 5.74) is 15.6. The molecule has 0 atom stereocenters. The van der Waals surface area contributed by atoms with E-state index in [2.05, 4.69) is 75.8 Å². The monoisotopic (exact) mass is 1590 g/mol. The Morgan fingerprint density at radius 1 is 0.508 bits per heavy atom. The number of morpholine rings is 3. The maximum atomic E-state index is 15.1. The van der Waals surface area contributed by atoms with E-state index in [1.165, 1.54) is 18.7 Å². The van der Waals surface area contributed by atoms with Gasteiger partial charge in [-0.05, 0) is 161 Å². The van der Waals surface area contributed by atoms with Gasteiger partial charge < -0.3 is 73.1 Å². The highest BCUT2D eigenvalue weighted by molar-refractivity contribution is 6.09. The van der Waals surface area contributed by atoms with Gasteiger partial charge in [0.1, 0.15) is 101 Å². The van der Waals surface area contributed by atoms with Gasteiger partial charge in [0.25, 0.3) is 0 Å². The van der Waals surface area contributed by atoms with E-state index in [9.17, 15) is 20.6 Å². The number of nitrogens with zero attached hydrogens (tertiary/aromatic N) is 15. The Morgan fingerprint density at radius 3 is 1.47 bits per heavy atom. The van der Waals surface area contributed by atoms with Gasteiger partial charge >= 0.3 is 6.09 Å². The highest BCUT2D eigenvalue weighted by Gasteiger charge is 2.32. The highest BCUT2D eigenvalue weighted by atomic mass is 19.1. The molecule has 29 heteroatoms. The summed E-state index contributed by atoms with van der Waals surface area (Å²) in [5, 5.41) is 36.3. The van der Waals surface area contributed by atoms with Crippen LogP contribution < -0.4 is 39.5 Å². The Hall–Kier alpha value is -12.6. The second kappa shape index (κ2) is 36.3. The van der Waals surface area contributed by atoms with E-state index in [0.29, 0.717) is 201 Å². The normalized spacial score (nSPS) is 17.1. The number of pyridine rings is 1. The lowest BCUT2D eigenvalue weighted by Gasteiger charge is -2.33. The Labute approximate surface area is 682 Å². The van der Waals surface area contributed by atoms with E-state index in [1.807, 2.05) is 103 Å². The fraction of sp³-hybridized carbons (Fsp3) is 0.371. The molecule has 3 N–H and O–H groups in total. The van der Waals surface area contributed by atoms with Crippen molar-refractivity contribution in [2.24, 2.45) is 9.98 Å². The molecule has 0 bridgehead atoms. The third kappa shape index (κ3) is 18.6. The first kappa shape index (κ1) is 79.3. The first-order chi connectivity index (χ1) is 57.6. The average Bonchev–Trinajstić information content (AvgIpc) is 1.62. The summed E-state index contributed by atoms with van der Waals surface area (Å²) in [7, 11) is 0. The number of imidazole rings is 1. The Balaban J connectivity index is 0.000000133. The van der Waals surface area contributed by atoms with Crippen LogP contribution in [0.15, 0.2) is 150 Å². The van der Waals surface area contributed by atoms with Gasteiger partial charge in [-0.25, -0.2) is 48.5 Å². The molecule has 0 aliphatic carbocycles. The molecule has 0 saturated carbocycles. The molecule has 0 spiro atoms. The summed E-state index contributed by atoms with van der Waals surface area (Å²) >= 11 is 0. The molecule has 4 aromatic heterocycles. The van der Waals surface area contributed by atoms with Gasteiger partial charge in [-0.2, -0.15) is 15.8 Å². The Kier molecular flexibility index (Phi) is 24.4. The molecule has 1 amide bonds. The van der Waals surface area contributed by atoms with Crippen LogP contribution in [0.25, 0.3) is 44.8 Å². The number of piperidine rings is 2. The lowest BCUT2D eigenvalue weighted by molar-refractivity contribution is 0.0126. The average molecular weight is 1590 g/mol. The van der Waals surface area contributed by atoms with Crippen molar-refractivity contribution in [2.75, 3.05) is 138 Å². The van der Waals surface area contributed by atoms with Gasteiger partial charge in [0, 0.05) is 125 Å². The number of aliphatic imine (C=N–C) groups is 2. The summed E-state index contributed by atoms with van der Waals surface area (Å²) < 4.78 is 75.8. The summed E-state index contributed by atoms with van der Waals surface area (Å²) in [6.45, 7) is 18.1. The summed E-state index contributed by atoms with van der Waals surface area (Å²) in [6.07, 6.45) is 10.2. The Bertz CT molecular complexity index is 5520. The molecule has 27 nitrogen and oxygen atoms in total. The fourth-order valence-corrected chi connectivity index (χ4v) is 15.5. The number of aromatic nitrogens is 7. The number of hydrogen-bond donors (Lipinski definition) is 3. The van der Waals surface area contributed by atoms with Crippen LogP contribution in [0.5, 0.6) is 17.2 Å². The first-order valence-electron chi connectivity index (χ1n) is 40.2. The van der Waals surface area contributed by atoms with E-state index in [4.69, 9.17) is 52.9 Å². The number of fused-ring (bicyclic) bond motifs is 3. The number of anilines is 5. The van der Waals surface area contributed by atoms with Crippen LogP contribution in [0.1, 0.15) is 98.5 Å². The number of aromatic amines is 1. The molecule has 8 aliphatic rings. The SMILES string of the molecule is CC(C)(C)OC(=O)N1CCC(Oc2ccc(-c3ncnc4c3N=C(c3ccc(N5CCOCC5)c(F)c3)C4)cc2C#N)CC1.N#Cc1cc(-c2nccc3[nH]c(Nc4cccc(N5CCOCC5)c4)nc23)ccc1OC1CCOCC1.N#Cc1cc(-c2ncnc3c2N=C(c2ccc(N4CCOCC4)c(F)c2)C3)ccc1OC1CCNCC1. The number of likely N-dealkylation sites (tertiary alicyclic amines) is 1. The third-order valence-electron chi connectivity index (χ3n) is 21.7. The van der Waals surface area contributed by atoms with Crippen molar-refractivity contribution >= 4 is 68.6 Å². The van der Waals surface area contributed by atoms with Crippen LogP contribution in [-0.2, 0) is 36.5 Å². The van der Waals surface area contributed by atoms with Crippen molar-refractivity contribution in [2.45, 2.75) is 96.1 Å². The zero-order valence-electron chi connectivity index (χ0n) is 66.0. The molecule has 10 aromatic rings.